The van der Waals surface area contributed by atoms with Gasteiger partial charge in [0.25, 0.3) is 0 Å². The molecule has 0 saturated carbocycles. The van der Waals surface area contributed by atoms with Gasteiger partial charge in [-0.15, -0.1) is 0 Å². The van der Waals surface area contributed by atoms with Crippen LogP contribution < -0.4 is 0 Å². The van der Waals surface area contributed by atoms with E-state index in [2.05, 4.69) is 0 Å². The summed E-state index contributed by atoms with van der Waals surface area (Å²) in [5.74, 6) is -1.15. The zero-order chi connectivity index (χ0) is 12.9. The molecule has 1 atom stereocenters. The molecule has 94 valence electrons. The van der Waals surface area contributed by atoms with E-state index in [4.69, 9.17) is 9.47 Å². The summed E-state index contributed by atoms with van der Waals surface area (Å²) >= 11 is 0. The molecule has 0 aliphatic rings. The summed E-state index contributed by atoms with van der Waals surface area (Å²) in [6, 6.07) is 0. The summed E-state index contributed by atoms with van der Waals surface area (Å²) in [5.41, 5.74) is -0.154. The van der Waals surface area contributed by atoms with E-state index in [0.717, 1.165) is 0 Å². The van der Waals surface area contributed by atoms with E-state index in [1.807, 2.05) is 20.8 Å². The molecule has 0 aromatic rings. The van der Waals surface area contributed by atoms with Gasteiger partial charge in [0.05, 0.1) is 11.8 Å². The highest BCUT2D eigenvalue weighted by Crippen LogP contribution is 2.26. The number of carbonyl (C=O) groups is 2. The zero-order valence-corrected chi connectivity index (χ0v) is 11.0. The van der Waals surface area contributed by atoms with E-state index < -0.39 is 0 Å². The van der Waals surface area contributed by atoms with Crippen molar-refractivity contribution in [1.82, 2.24) is 0 Å². The van der Waals surface area contributed by atoms with E-state index in [-0.39, 0.29) is 36.0 Å². The van der Waals surface area contributed by atoms with Gasteiger partial charge in [0.2, 0.25) is 6.79 Å². The van der Waals surface area contributed by atoms with E-state index >= 15 is 0 Å². The van der Waals surface area contributed by atoms with Gasteiger partial charge in [-0.05, 0) is 5.41 Å². The first-order chi connectivity index (χ1) is 7.16. The van der Waals surface area contributed by atoms with Crippen molar-refractivity contribution >= 4 is 11.9 Å². The van der Waals surface area contributed by atoms with Crippen LogP contribution in [0.2, 0.25) is 0 Å². The van der Waals surface area contributed by atoms with Gasteiger partial charge in [-0.25, -0.2) is 0 Å². The fourth-order valence-electron chi connectivity index (χ4n) is 0.791. The van der Waals surface area contributed by atoms with Crippen molar-refractivity contribution in [3.8, 4) is 0 Å². The SMILES string of the molecule is CC(C)C(=O)OCOC(=O)C(C)C(C)(C)C. The van der Waals surface area contributed by atoms with Crippen LogP contribution in [0.4, 0.5) is 0 Å². The summed E-state index contributed by atoms with van der Waals surface area (Å²) in [4.78, 5) is 22.6. The predicted molar refractivity (Wildman–Crippen MR) is 60.5 cm³/mol. The molecule has 4 heteroatoms. The van der Waals surface area contributed by atoms with Gasteiger partial charge in [0.15, 0.2) is 0 Å². The smallest absolute Gasteiger partial charge is 0.312 e. The molecule has 0 N–H and O–H groups in total. The van der Waals surface area contributed by atoms with E-state index in [9.17, 15) is 9.59 Å². The molecule has 0 spiro atoms. The van der Waals surface area contributed by atoms with Crippen LogP contribution in [0.1, 0.15) is 41.5 Å². The molecule has 1 unspecified atom stereocenters. The van der Waals surface area contributed by atoms with Crippen LogP contribution in [0.5, 0.6) is 0 Å². The van der Waals surface area contributed by atoms with E-state index in [0.29, 0.717) is 0 Å². The molecule has 0 radical (unpaired) electrons. The van der Waals surface area contributed by atoms with Crippen molar-refractivity contribution < 1.29 is 19.1 Å². The normalized spacial score (nSPS) is 13.4. The molecule has 0 saturated heterocycles. The Bertz CT molecular complexity index is 250. The lowest BCUT2D eigenvalue weighted by Gasteiger charge is -2.25. The van der Waals surface area contributed by atoms with Crippen LogP contribution in [0.3, 0.4) is 0 Å². The minimum absolute atomic E-state index is 0.154. The van der Waals surface area contributed by atoms with Gasteiger partial charge in [0.1, 0.15) is 0 Å². The van der Waals surface area contributed by atoms with Crippen LogP contribution in [0.25, 0.3) is 0 Å². The number of hydrogen-bond donors (Lipinski definition) is 0. The molecule has 0 fully saturated rings. The monoisotopic (exact) mass is 230 g/mol. The average molecular weight is 230 g/mol. The highest BCUT2D eigenvalue weighted by molar-refractivity contribution is 5.73. The standard InChI is InChI=1S/C12H22O4/c1-8(2)10(13)15-7-16-11(14)9(3)12(4,5)6/h8-9H,7H2,1-6H3. The lowest BCUT2D eigenvalue weighted by Crippen LogP contribution is -2.28. The van der Waals surface area contributed by atoms with Gasteiger partial charge >= 0.3 is 11.9 Å². The second-order valence-electron chi connectivity index (χ2n) is 5.29. The highest BCUT2D eigenvalue weighted by atomic mass is 16.7. The quantitative estimate of drug-likeness (QED) is 0.549. The Morgan fingerprint density at radius 2 is 1.44 bits per heavy atom. The molecular weight excluding hydrogens is 208 g/mol. The summed E-state index contributed by atoms with van der Waals surface area (Å²) < 4.78 is 9.62. The molecule has 16 heavy (non-hydrogen) atoms. The summed E-state index contributed by atoms with van der Waals surface area (Å²) in [7, 11) is 0. The first kappa shape index (κ1) is 14.9. The van der Waals surface area contributed by atoms with Crippen molar-refractivity contribution in [1.29, 1.82) is 0 Å². The second kappa shape index (κ2) is 5.87. The molecule has 0 aliphatic heterocycles. The third-order valence-corrected chi connectivity index (χ3v) is 2.53. The fourth-order valence-corrected chi connectivity index (χ4v) is 0.791. The number of ether oxygens (including phenoxy) is 2. The van der Waals surface area contributed by atoms with Crippen molar-refractivity contribution in [3.63, 3.8) is 0 Å². The van der Waals surface area contributed by atoms with Gasteiger partial charge < -0.3 is 9.47 Å². The van der Waals surface area contributed by atoms with Crippen LogP contribution in [0.15, 0.2) is 0 Å². The topological polar surface area (TPSA) is 52.6 Å². The predicted octanol–water partition coefficient (Wildman–Crippen LogP) is 2.37. The lowest BCUT2D eigenvalue weighted by atomic mass is 9.82. The Labute approximate surface area is 97.3 Å². The van der Waals surface area contributed by atoms with Crippen LogP contribution in [-0.4, -0.2) is 18.7 Å². The lowest BCUT2D eigenvalue weighted by molar-refractivity contribution is -0.173. The van der Waals surface area contributed by atoms with Crippen molar-refractivity contribution in [2.45, 2.75) is 41.5 Å². The molecule has 0 heterocycles. The third kappa shape index (κ3) is 5.14. The van der Waals surface area contributed by atoms with E-state index in [1.54, 1.807) is 20.8 Å². The largest absolute Gasteiger partial charge is 0.428 e. The van der Waals surface area contributed by atoms with Crippen molar-refractivity contribution in [3.05, 3.63) is 0 Å². The Morgan fingerprint density at radius 1 is 1.00 bits per heavy atom. The zero-order valence-electron chi connectivity index (χ0n) is 11.0. The van der Waals surface area contributed by atoms with Crippen molar-refractivity contribution in [2.75, 3.05) is 6.79 Å². The summed E-state index contributed by atoms with van der Waals surface area (Å²) in [6.07, 6.45) is 0. The first-order valence-electron chi connectivity index (χ1n) is 5.49. The number of rotatable bonds is 4. The van der Waals surface area contributed by atoms with Gasteiger partial charge in [0, 0.05) is 0 Å². The molecule has 0 amide bonds. The Kier molecular flexibility index (Phi) is 5.48. The maximum Gasteiger partial charge on any atom is 0.312 e. The van der Waals surface area contributed by atoms with Gasteiger partial charge in [-0.2, -0.15) is 0 Å². The fraction of sp³-hybridized carbons (Fsp3) is 0.833. The number of carbonyl (C=O) groups excluding carboxylic acids is 2. The van der Waals surface area contributed by atoms with E-state index in [1.165, 1.54) is 0 Å². The maximum atomic E-state index is 11.5. The molecule has 0 aromatic heterocycles. The van der Waals surface area contributed by atoms with Crippen LogP contribution in [0, 0.1) is 17.3 Å². The summed E-state index contributed by atoms with van der Waals surface area (Å²) in [5, 5.41) is 0. The molecule has 0 aromatic carbocycles. The minimum atomic E-state index is -0.365. The number of esters is 2. The van der Waals surface area contributed by atoms with Crippen molar-refractivity contribution in [2.24, 2.45) is 17.3 Å². The minimum Gasteiger partial charge on any atom is -0.428 e. The second-order valence-corrected chi connectivity index (χ2v) is 5.29. The molecule has 0 bridgehead atoms. The van der Waals surface area contributed by atoms with Gasteiger partial charge in [-0.3, -0.25) is 9.59 Å². The van der Waals surface area contributed by atoms with Gasteiger partial charge in [-0.1, -0.05) is 41.5 Å². The Balaban J connectivity index is 3.96. The molecule has 0 rings (SSSR count). The van der Waals surface area contributed by atoms with Crippen LogP contribution in [-0.2, 0) is 19.1 Å². The molecule has 0 aliphatic carbocycles. The third-order valence-electron chi connectivity index (χ3n) is 2.53. The summed E-state index contributed by atoms with van der Waals surface area (Å²) in [6.45, 7) is 10.8. The molecular formula is C12H22O4. The Morgan fingerprint density at radius 3 is 1.81 bits per heavy atom. The van der Waals surface area contributed by atoms with Crippen LogP contribution >= 0.6 is 0 Å². The number of hydrogen-bond acceptors (Lipinski definition) is 4. The Hall–Kier alpha value is -1.06. The average Bonchev–Trinajstić information content (AvgIpc) is 2.14. The molecule has 4 nitrogen and oxygen atoms in total. The maximum absolute atomic E-state index is 11.5. The highest BCUT2D eigenvalue weighted by Gasteiger charge is 2.28. The first-order valence-corrected chi connectivity index (χ1v) is 5.49.